The summed E-state index contributed by atoms with van der Waals surface area (Å²) in [5, 5.41) is 0. The molecule has 0 amide bonds. The van der Waals surface area contributed by atoms with E-state index >= 15 is 0 Å². The molecule has 1 unspecified atom stereocenters. The van der Waals surface area contributed by atoms with Gasteiger partial charge in [-0.15, -0.1) is 0 Å². The molecule has 0 aromatic rings. The maximum absolute atomic E-state index is 12.0. The molecule has 1 heterocycles. The van der Waals surface area contributed by atoms with Crippen molar-refractivity contribution in [2.75, 3.05) is 39.8 Å². The molecule has 1 fully saturated rings. The fraction of sp³-hybridized carbons (Fsp3) is 0.941. The summed E-state index contributed by atoms with van der Waals surface area (Å²) >= 11 is 0. The van der Waals surface area contributed by atoms with Crippen LogP contribution in [0.15, 0.2) is 0 Å². The first-order chi connectivity index (χ1) is 10.0. The minimum atomic E-state index is -0.0468. The van der Waals surface area contributed by atoms with Gasteiger partial charge in [-0.05, 0) is 27.3 Å². The molecule has 0 bridgehead atoms. The summed E-state index contributed by atoms with van der Waals surface area (Å²) in [7, 11) is 2.17. The molecule has 0 N–H and O–H groups in total. The summed E-state index contributed by atoms with van der Waals surface area (Å²) < 4.78 is 5.20. The number of carbonyl (C=O) groups is 1. The van der Waals surface area contributed by atoms with Gasteiger partial charge in [-0.3, -0.25) is 9.69 Å². The molecule has 0 radical (unpaired) electrons. The van der Waals surface area contributed by atoms with Crippen molar-refractivity contribution in [2.24, 2.45) is 0 Å². The fourth-order valence-electron chi connectivity index (χ4n) is 3.16. The molecule has 1 rings (SSSR count). The van der Waals surface area contributed by atoms with E-state index in [0.29, 0.717) is 13.0 Å². The van der Waals surface area contributed by atoms with Gasteiger partial charge in [0, 0.05) is 31.7 Å². The van der Waals surface area contributed by atoms with Crippen molar-refractivity contribution >= 4 is 5.97 Å². The number of hydrogen-bond acceptors (Lipinski definition) is 4. The van der Waals surface area contributed by atoms with Crippen molar-refractivity contribution in [3.63, 3.8) is 0 Å². The molecular formula is C17H34N2O2. The van der Waals surface area contributed by atoms with Crippen LogP contribution in [0, 0.1) is 0 Å². The minimum Gasteiger partial charge on any atom is -0.466 e. The van der Waals surface area contributed by atoms with Gasteiger partial charge in [0.05, 0.1) is 13.0 Å². The van der Waals surface area contributed by atoms with E-state index < -0.39 is 0 Å². The molecular weight excluding hydrogens is 264 g/mol. The maximum Gasteiger partial charge on any atom is 0.307 e. The number of piperazine rings is 1. The first-order valence-electron chi connectivity index (χ1n) is 8.61. The SMILES string of the molecule is CCCCCCC(C)(CC(=O)OCC)N1CCN(C)CC1. The summed E-state index contributed by atoms with van der Waals surface area (Å²) in [5.41, 5.74) is -0.0404. The Bertz CT molecular complexity index is 301. The van der Waals surface area contributed by atoms with Crippen molar-refractivity contribution in [1.29, 1.82) is 0 Å². The molecule has 1 aliphatic heterocycles. The third-order valence-corrected chi connectivity index (χ3v) is 4.67. The van der Waals surface area contributed by atoms with Gasteiger partial charge in [-0.25, -0.2) is 0 Å². The molecule has 0 spiro atoms. The molecule has 1 aliphatic rings. The standard InChI is InChI=1S/C17H34N2O2/c1-5-7-8-9-10-17(3,15-16(20)21-6-2)19-13-11-18(4)12-14-19/h5-15H2,1-4H3. The summed E-state index contributed by atoms with van der Waals surface area (Å²) in [6.07, 6.45) is 6.63. The fourth-order valence-corrected chi connectivity index (χ4v) is 3.16. The second-order valence-corrected chi connectivity index (χ2v) is 6.58. The summed E-state index contributed by atoms with van der Waals surface area (Å²) in [6.45, 7) is 11.1. The molecule has 4 heteroatoms. The molecule has 1 saturated heterocycles. The van der Waals surface area contributed by atoms with Crippen LogP contribution in [0.5, 0.6) is 0 Å². The number of rotatable bonds is 9. The number of esters is 1. The number of nitrogens with zero attached hydrogens (tertiary/aromatic N) is 2. The van der Waals surface area contributed by atoms with Crippen molar-refractivity contribution in [3.05, 3.63) is 0 Å². The normalized spacial score (nSPS) is 20.2. The molecule has 0 aromatic carbocycles. The Balaban J connectivity index is 2.60. The first kappa shape index (κ1) is 18.4. The highest BCUT2D eigenvalue weighted by Gasteiger charge is 2.35. The highest BCUT2D eigenvalue weighted by Crippen LogP contribution is 2.28. The topological polar surface area (TPSA) is 32.8 Å². The lowest BCUT2D eigenvalue weighted by Crippen LogP contribution is -2.55. The molecule has 0 aromatic heterocycles. The molecule has 21 heavy (non-hydrogen) atoms. The molecule has 4 nitrogen and oxygen atoms in total. The van der Waals surface area contributed by atoms with E-state index in [4.69, 9.17) is 4.74 Å². The van der Waals surface area contributed by atoms with Gasteiger partial charge in [0.2, 0.25) is 0 Å². The van der Waals surface area contributed by atoms with Crippen molar-refractivity contribution in [2.45, 2.75) is 64.8 Å². The largest absolute Gasteiger partial charge is 0.466 e. The van der Waals surface area contributed by atoms with Crippen LogP contribution in [0.3, 0.4) is 0 Å². The lowest BCUT2D eigenvalue weighted by molar-refractivity contribution is -0.147. The van der Waals surface area contributed by atoms with Gasteiger partial charge in [-0.2, -0.15) is 0 Å². The van der Waals surface area contributed by atoms with E-state index in [1.807, 2.05) is 6.92 Å². The summed E-state index contributed by atoms with van der Waals surface area (Å²) in [6, 6.07) is 0. The van der Waals surface area contributed by atoms with Gasteiger partial charge in [-0.1, -0.05) is 32.6 Å². The van der Waals surface area contributed by atoms with E-state index in [2.05, 4.69) is 30.7 Å². The van der Waals surface area contributed by atoms with E-state index in [9.17, 15) is 4.79 Å². The van der Waals surface area contributed by atoms with Gasteiger partial charge < -0.3 is 9.64 Å². The smallest absolute Gasteiger partial charge is 0.307 e. The average Bonchev–Trinajstić information content (AvgIpc) is 2.44. The number of ether oxygens (including phenoxy) is 1. The van der Waals surface area contributed by atoms with E-state index in [1.165, 1.54) is 25.7 Å². The highest BCUT2D eigenvalue weighted by molar-refractivity contribution is 5.70. The van der Waals surface area contributed by atoms with Crippen LogP contribution in [0.25, 0.3) is 0 Å². The van der Waals surface area contributed by atoms with Crippen LogP contribution in [-0.2, 0) is 9.53 Å². The van der Waals surface area contributed by atoms with Crippen molar-refractivity contribution < 1.29 is 9.53 Å². The first-order valence-corrected chi connectivity index (χ1v) is 8.61. The second-order valence-electron chi connectivity index (χ2n) is 6.58. The molecule has 124 valence electrons. The number of unbranched alkanes of at least 4 members (excludes halogenated alkanes) is 3. The quantitative estimate of drug-likeness (QED) is 0.484. The van der Waals surface area contributed by atoms with E-state index in [-0.39, 0.29) is 11.5 Å². The van der Waals surface area contributed by atoms with Gasteiger partial charge in [0.1, 0.15) is 0 Å². The predicted octanol–water partition coefficient (Wildman–Crippen LogP) is 2.92. The van der Waals surface area contributed by atoms with Crippen molar-refractivity contribution in [1.82, 2.24) is 9.80 Å². The van der Waals surface area contributed by atoms with Gasteiger partial charge in [0.15, 0.2) is 0 Å². The van der Waals surface area contributed by atoms with Gasteiger partial charge >= 0.3 is 5.97 Å². The Morgan fingerprint density at radius 1 is 1.10 bits per heavy atom. The Morgan fingerprint density at radius 2 is 1.76 bits per heavy atom. The van der Waals surface area contributed by atoms with Crippen LogP contribution in [0.2, 0.25) is 0 Å². The number of likely N-dealkylation sites (N-methyl/N-ethyl adjacent to an activating group) is 1. The second kappa shape index (κ2) is 9.42. The van der Waals surface area contributed by atoms with E-state index in [1.54, 1.807) is 0 Å². The van der Waals surface area contributed by atoms with Gasteiger partial charge in [0.25, 0.3) is 0 Å². The predicted molar refractivity (Wildman–Crippen MR) is 87.5 cm³/mol. The third kappa shape index (κ3) is 6.35. The molecule has 0 saturated carbocycles. The zero-order valence-corrected chi connectivity index (χ0v) is 14.5. The molecule has 0 aliphatic carbocycles. The Labute approximate surface area is 130 Å². The van der Waals surface area contributed by atoms with Crippen LogP contribution in [0.4, 0.5) is 0 Å². The average molecular weight is 298 g/mol. The van der Waals surface area contributed by atoms with Crippen LogP contribution >= 0.6 is 0 Å². The lowest BCUT2D eigenvalue weighted by Gasteiger charge is -2.45. The zero-order chi connectivity index (χ0) is 15.7. The lowest BCUT2D eigenvalue weighted by atomic mass is 9.88. The van der Waals surface area contributed by atoms with Crippen LogP contribution < -0.4 is 0 Å². The summed E-state index contributed by atoms with van der Waals surface area (Å²) in [4.78, 5) is 16.9. The maximum atomic E-state index is 12.0. The zero-order valence-electron chi connectivity index (χ0n) is 14.5. The Morgan fingerprint density at radius 3 is 2.33 bits per heavy atom. The Hall–Kier alpha value is -0.610. The summed E-state index contributed by atoms with van der Waals surface area (Å²) in [5.74, 6) is -0.0468. The number of carbonyl (C=O) groups excluding carboxylic acids is 1. The molecule has 1 atom stereocenters. The number of hydrogen-bond donors (Lipinski definition) is 0. The Kier molecular flexibility index (Phi) is 8.27. The van der Waals surface area contributed by atoms with E-state index in [0.717, 1.165) is 32.6 Å². The van der Waals surface area contributed by atoms with Crippen LogP contribution in [-0.4, -0.2) is 61.1 Å². The highest BCUT2D eigenvalue weighted by atomic mass is 16.5. The minimum absolute atomic E-state index is 0.0404. The monoisotopic (exact) mass is 298 g/mol. The van der Waals surface area contributed by atoms with Crippen LogP contribution in [0.1, 0.15) is 59.3 Å². The van der Waals surface area contributed by atoms with Crippen molar-refractivity contribution in [3.8, 4) is 0 Å². The third-order valence-electron chi connectivity index (χ3n) is 4.67.